The number of hydrogen-bond acceptors (Lipinski definition) is 5. The van der Waals surface area contributed by atoms with E-state index in [0.29, 0.717) is 30.9 Å². The predicted molar refractivity (Wildman–Crippen MR) is 108 cm³/mol. The number of aromatic amines is 1. The average molecular weight is 400 g/mol. The van der Waals surface area contributed by atoms with Gasteiger partial charge in [0.25, 0.3) is 5.91 Å². The standard InChI is InChI=1S/C21H28N4O4/c1-14-18(15(2)24-23-14)12-22-21(27)17-6-4-5-7-19(17)29-16-8-10-25(11-9-16)20(26)13-28-3/h4-7,16H,8-13H2,1-3H3,(H,22,27)(H,23,24). The molecule has 2 aromatic rings. The second-order valence-corrected chi connectivity index (χ2v) is 7.22. The van der Waals surface area contributed by atoms with Crippen molar-refractivity contribution < 1.29 is 19.1 Å². The van der Waals surface area contributed by atoms with E-state index in [1.165, 1.54) is 7.11 Å². The molecule has 29 heavy (non-hydrogen) atoms. The Morgan fingerprint density at radius 1 is 1.24 bits per heavy atom. The zero-order valence-corrected chi connectivity index (χ0v) is 17.2. The van der Waals surface area contributed by atoms with Gasteiger partial charge in [-0.2, -0.15) is 5.10 Å². The molecule has 2 amide bonds. The molecule has 0 atom stereocenters. The topological polar surface area (TPSA) is 96.5 Å². The fraction of sp³-hybridized carbons (Fsp3) is 0.476. The number of amides is 2. The fourth-order valence-corrected chi connectivity index (χ4v) is 3.47. The second kappa shape index (κ2) is 9.56. The van der Waals surface area contributed by atoms with Crippen LogP contribution < -0.4 is 10.1 Å². The van der Waals surface area contributed by atoms with Crippen molar-refractivity contribution in [3.63, 3.8) is 0 Å². The van der Waals surface area contributed by atoms with Gasteiger partial charge in [-0.15, -0.1) is 0 Å². The van der Waals surface area contributed by atoms with Crippen molar-refractivity contribution in [2.75, 3.05) is 26.8 Å². The van der Waals surface area contributed by atoms with E-state index in [2.05, 4.69) is 15.5 Å². The van der Waals surface area contributed by atoms with E-state index in [9.17, 15) is 9.59 Å². The van der Waals surface area contributed by atoms with Gasteiger partial charge in [0, 0.05) is 50.8 Å². The number of carbonyl (C=O) groups is 2. The van der Waals surface area contributed by atoms with E-state index in [0.717, 1.165) is 29.8 Å². The van der Waals surface area contributed by atoms with Gasteiger partial charge < -0.3 is 19.7 Å². The van der Waals surface area contributed by atoms with Crippen molar-refractivity contribution in [2.45, 2.75) is 39.3 Å². The summed E-state index contributed by atoms with van der Waals surface area (Å²) >= 11 is 0. The normalized spacial score (nSPS) is 14.7. The summed E-state index contributed by atoms with van der Waals surface area (Å²) in [6, 6.07) is 7.25. The number of rotatable bonds is 7. The third kappa shape index (κ3) is 5.14. The summed E-state index contributed by atoms with van der Waals surface area (Å²) in [4.78, 5) is 26.5. The monoisotopic (exact) mass is 400 g/mol. The fourth-order valence-electron chi connectivity index (χ4n) is 3.47. The van der Waals surface area contributed by atoms with Crippen LogP contribution in [0, 0.1) is 13.8 Å². The first-order chi connectivity index (χ1) is 14.0. The van der Waals surface area contributed by atoms with E-state index in [-0.39, 0.29) is 24.5 Å². The highest BCUT2D eigenvalue weighted by Gasteiger charge is 2.25. The first kappa shape index (κ1) is 20.9. The lowest BCUT2D eigenvalue weighted by atomic mass is 10.1. The molecular formula is C21H28N4O4. The van der Waals surface area contributed by atoms with Crippen molar-refractivity contribution in [3.8, 4) is 5.75 Å². The van der Waals surface area contributed by atoms with Crippen LogP contribution in [0.4, 0.5) is 0 Å². The molecule has 0 unspecified atom stereocenters. The molecule has 3 rings (SSSR count). The third-order valence-electron chi connectivity index (χ3n) is 5.19. The quantitative estimate of drug-likeness (QED) is 0.741. The Morgan fingerprint density at radius 2 is 1.97 bits per heavy atom. The minimum atomic E-state index is -0.187. The van der Waals surface area contributed by atoms with Gasteiger partial charge in [-0.1, -0.05) is 12.1 Å². The van der Waals surface area contributed by atoms with E-state index < -0.39 is 0 Å². The number of aryl methyl sites for hydroxylation is 2. The lowest BCUT2D eigenvalue weighted by Crippen LogP contribution is -2.43. The summed E-state index contributed by atoms with van der Waals surface area (Å²) in [5.74, 6) is 0.371. The summed E-state index contributed by atoms with van der Waals surface area (Å²) in [6.07, 6.45) is 1.41. The van der Waals surface area contributed by atoms with Gasteiger partial charge in [0.2, 0.25) is 5.91 Å². The Hall–Kier alpha value is -2.87. The largest absolute Gasteiger partial charge is 0.489 e. The number of carbonyl (C=O) groups excluding carboxylic acids is 2. The number of para-hydroxylation sites is 1. The summed E-state index contributed by atoms with van der Waals surface area (Å²) < 4.78 is 11.0. The molecule has 1 fully saturated rings. The van der Waals surface area contributed by atoms with Crippen LogP contribution in [-0.4, -0.2) is 59.8 Å². The van der Waals surface area contributed by atoms with E-state index in [1.54, 1.807) is 11.0 Å². The zero-order chi connectivity index (χ0) is 20.8. The maximum Gasteiger partial charge on any atom is 0.255 e. The smallest absolute Gasteiger partial charge is 0.255 e. The molecule has 1 aromatic carbocycles. The maximum atomic E-state index is 12.7. The van der Waals surface area contributed by atoms with Gasteiger partial charge in [0.1, 0.15) is 18.5 Å². The molecule has 0 aliphatic carbocycles. The third-order valence-corrected chi connectivity index (χ3v) is 5.19. The number of aromatic nitrogens is 2. The van der Waals surface area contributed by atoms with Gasteiger partial charge >= 0.3 is 0 Å². The summed E-state index contributed by atoms with van der Waals surface area (Å²) in [6.45, 7) is 5.60. The number of nitrogens with one attached hydrogen (secondary N) is 2. The molecule has 1 saturated heterocycles. The molecule has 8 heteroatoms. The van der Waals surface area contributed by atoms with Crippen LogP contribution in [0.5, 0.6) is 5.75 Å². The van der Waals surface area contributed by atoms with Crippen molar-refractivity contribution >= 4 is 11.8 Å². The lowest BCUT2D eigenvalue weighted by molar-refractivity contribution is -0.136. The Morgan fingerprint density at radius 3 is 2.62 bits per heavy atom. The number of ether oxygens (including phenoxy) is 2. The van der Waals surface area contributed by atoms with E-state index >= 15 is 0 Å². The van der Waals surface area contributed by atoms with Crippen LogP contribution in [0.3, 0.4) is 0 Å². The molecule has 0 spiro atoms. The maximum absolute atomic E-state index is 12.7. The van der Waals surface area contributed by atoms with Crippen LogP contribution in [-0.2, 0) is 16.1 Å². The minimum Gasteiger partial charge on any atom is -0.489 e. The van der Waals surface area contributed by atoms with Crippen molar-refractivity contribution in [1.29, 1.82) is 0 Å². The Labute approximate surface area is 170 Å². The van der Waals surface area contributed by atoms with Gasteiger partial charge in [0.05, 0.1) is 11.3 Å². The number of benzene rings is 1. The molecule has 1 aromatic heterocycles. The van der Waals surface area contributed by atoms with Crippen molar-refractivity contribution in [3.05, 3.63) is 46.8 Å². The van der Waals surface area contributed by atoms with E-state index in [4.69, 9.17) is 9.47 Å². The highest BCUT2D eigenvalue weighted by molar-refractivity contribution is 5.96. The van der Waals surface area contributed by atoms with Gasteiger partial charge in [0.15, 0.2) is 0 Å². The van der Waals surface area contributed by atoms with Crippen LogP contribution in [0.1, 0.15) is 40.2 Å². The molecule has 0 bridgehead atoms. The molecule has 0 radical (unpaired) electrons. The predicted octanol–water partition coefficient (Wildman–Crippen LogP) is 1.97. The first-order valence-electron chi connectivity index (χ1n) is 9.80. The second-order valence-electron chi connectivity index (χ2n) is 7.22. The number of likely N-dealkylation sites (tertiary alicyclic amines) is 1. The number of methoxy groups -OCH3 is 1. The van der Waals surface area contributed by atoms with Crippen LogP contribution in [0.15, 0.2) is 24.3 Å². The Bertz CT molecular complexity index is 837. The Kier molecular flexibility index (Phi) is 6.87. The van der Waals surface area contributed by atoms with Gasteiger partial charge in [-0.3, -0.25) is 14.7 Å². The van der Waals surface area contributed by atoms with Crippen molar-refractivity contribution in [2.24, 2.45) is 0 Å². The Balaban J connectivity index is 1.59. The molecule has 1 aliphatic heterocycles. The molecule has 0 saturated carbocycles. The highest BCUT2D eigenvalue weighted by Crippen LogP contribution is 2.23. The summed E-state index contributed by atoms with van der Waals surface area (Å²) in [5, 5.41) is 10.0. The summed E-state index contributed by atoms with van der Waals surface area (Å²) in [7, 11) is 1.52. The van der Waals surface area contributed by atoms with Gasteiger partial charge in [-0.25, -0.2) is 0 Å². The number of hydrogen-bond donors (Lipinski definition) is 2. The molecule has 8 nitrogen and oxygen atoms in total. The van der Waals surface area contributed by atoms with Crippen LogP contribution in [0.2, 0.25) is 0 Å². The number of H-pyrrole nitrogens is 1. The molecule has 2 heterocycles. The summed E-state index contributed by atoms with van der Waals surface area (Å²) in [5.41, 5.74) is 3.32. The van der Waals surface area contributed by atoms with Crippen LogP contribution in [0.25, 0.3) is 0 Å². The first-order valence-corrected chi connectivity index (χ1v) is 9.80. The molecule has 156 valence electrons. The van der Waals surface area contributed by atoms with Crippen molar-refractivity contribution in [1.82, 2.24) is 20.4 Å². The zero-order valence-electron chi connectivity index (χ0n) is 17.2. The lowest BCUT2D eigenvalue weighted by Gasteiger charge is -2.32. The van der Waals surface area contributed by atoms with E-state index in [1.807, 2.05) is 32.0 Å². The SMILES string of the molecule is COCC(=O)N1CCC(Oc2ccccc2C(=O)NCc2c(C)n[nH]c2C)CC1. The van der Waals surface area contributed by atoms with Gasteiger partial charge in [-0.05, 0) is 26.0 Å². The average Bonchev–Trinajstić information content (AvgIpc) is 3.05. The minimum absolute atomic E-state index is 0.00411. The highest BCUT2D eigenvalue weighted by atomic mass is 16.5. The number of nitrogens with zero attached hydrogens (tertiary/aromatic N) is 2. The number of piperidine rings is 1. The molecular weight excluding hydrogens is 372 g/mol. The van der Waals surface area contributed by atoms with Crippen LogP contribution >= 0.6 is 0 Å². The molecule has 2 N–H and O–H groups in total. The molecule has 1 aliphatic rings.